The Morgan fingerprint density at radius 1 is 1.29 bits per heavy atom. The smallest absolute Gasteiger partial charge is 0.226 e. The van der Waals surface area contributed by atoms with Crippen LogP contribution in [0.5, 0.6) is 0 Å². The van der Waals surface area contributed by atoms with E-state index >= 15 is 0 Å². The lowest BCUT2D eigenvalue weighted by Gasteiger charge is -2.22. The summed E-state index contributed by atoms with van der Waals surface area (Å²) in [6.07, 6.45) is 4.65. The Balaban J connectivity index is 1.91. The van der Waals surface area contributed by atoms with E-state index in [0.717, 1.165) is 34.9 Å². The van der Waals surface area contributed by atoms with Crippen molar-refractivity contribution >= 4 is 34.2 Å². The molecule has 3 N–H and O–H groups in total. The number of nitrogens with one attached hydrogen (secondary N) is 1. The average molecular weight is 344 g/mol. The number of hydrogen-bond acceptors (Lipinski definition) is 2. The molecule has 0 aliphatic heterocycles. The predicted octanol–water partition coefficient (Wildman–Crippen LogP) is 2.89. The molecule has 2 rings (SSSR count). The summed E-state index contributed by atoms with van der Waals surface area (Å²) in [5.41, 5.74) is 6.75. The molecule has 0 unspecified atom stereocenters. The largest absolute Gasteiger partial charge is 0.326 e. The third-order valence-electron chi connectivity index (χ3n) is 3.24. The summed E-state index contributed by atoms with van der Waals surface area (Å²) in [6, 6.07) is 7.78. The van der Waals surface area contributed by atoms with E-state index in [-0.39, 0.29) is 11.4 Å². The Morgan fingerprint density at radius 3 is 2.47 bits per heavy atom. The zero-order valence-electron chi connectivity index (χ0n) is 9.71. The second kappa shape index (κ2) is 5.35. The number of hydrogen-bond donors (Lipinski definition) is 2. The molecule has 0 saturated heterocycles. The number of anilines is 1. The van der Waals surface area contributed by atoms with Gasteiger partial charge in [-0.25, -0.2) is 0 Å². The molecule has 0 spiro atoms. The van der Waals surface area contributed by atoms with Gasteiger partial charge in [-0.15, -0.1) is 0 Å². The summed E-state index contributed by atoms with van der Waals surface area (Å²) >= 11 is 2.24. The predicted molar refractivity (Wildman–Crippen MR) is 77.8 cm³/mol. The highest BCUT2D eigenvalue weighted by Crippen LogP contribution is 2.30. The molecule has 0 heterocycles. The van der Waals surface area contributed by atoms with Crippen molar-refractivity contribution in [1.82, 2.24) is 0 Å². The zero-order valence-corrected chi connectivity index (χ0v) is 11.9. The molecular formula is C13H17IN2O. The molecule has 17 heavy (non-hydrogen) atoms. The number of carbonyl (C=O) groups excluding carboxylic acids is 1. The molecule has 1 fully saturated rings. The SMILES string of the molecule is NC1(CC(=O)Nc2ccc(I)cc2)CCCC1. The van der Waals surface area contributed by atoms with E-state index in [0.29, 0.717) is 6.42 Å². The fourth-order valence-corrected chi connectivity index (χ4v) is 2.67. The van der Waals surface area contributed by atoms with E-state index in [1.54, 1.807) is 0 Å². The number of halogens is 1. The molecule has 1 aromatic carbocycles. The highest BCUT2D eigenvalue weighted by Gasteiger charge is 2.31. The number of nitrogens with two attached hydrogens (primary N) is 1. The zero-order chi connectivity index (χ0) is 12.3. The summed E-state index contributed by atoms with van der Waals surface area (Å²) < 4.78 is 1.16. The van der Waals surface area contributed by atoms with Gasteiger partial charge >= 0.3 is 0 Å². The van der Waals surface area contributed by atoms with Gasteiger partial charge in [-0.3, -0.25) is 4.79 Å². The van der Waals surface area contributed by atoms with Crippen molar-refractivity contribution in [3.05, 3.63) is 27.8 Å². The molecule has 1 aromatic rings. The summed E-state index contributed by atoms with van der Waals surface area (Å²) in [6.45, 7) is 0. The molecule has 1 aliphatic carbocycles. The minimum absolute atomic E-state index is 0.0237. The Labute approximate surface area is 115 Å². The second-order valence-corrected chi connectivity index (χ2v) is 6.05. The van der Waals surface area contributed by atoms with Gasteiger partial charge in [0.1, 0.15) is 0 Å². The van der Waals surface area contributed by atoms with Crippen LogP contribution < -0.4 is 11.1 Å². The van der Waals surface area contributed by atoms with E-state index in [1.165, 1.54) is 0 Å². The van der Waals surface area contributed by atoms with Gasteiger partial charge < -0.3 is 11.1 Å². The van der Waals surface area contributed by atoms with Gasteiger partial charge in [0.2, 0.25) is 5.91 Å². The summed E-state index contributed by atoms with van der Waals surface area (Å²) in [4.78, 5) is 11.9. The monoisotopic (exact) mass is 344 g/mol. The van der Waals surface area contributed by atoms with E-state index in [4.69, 9.17) is 5.73 Å². The van der Waals surface area contributed by atoms with Crippen LogP contribution in [0, 0.1) is 3.57 Å². The van der Waals surface area contributed by atoms with Crippen molar-refractivity contribution in [3.8, 4) is 0 Å². The quantitative estimate of drug-likeness (QED) is 0.829. The van der Waals surface area contributed by atoms with Gasteiger partial charge in [0.05, 0.1) is 0 Å². The van der Waals surface area contributed by atoms with Gasteiger partial charge in [0.15, 0.2) is 0 Å². The normalized spacial score (nSPS) is 18.0. The molecular weight excluding hydrogens is 327 g/mol. The Bertz CT molecular complexity index is 396. The second-order valence-electron chi connectivity index (χ2n) is 4.80. The first-order chi connectivity index (χ1) is 8.07. The Kier molecular flexibility index (Phi) is 4.04. The highest BCUT2D eigenvalue weighted by atomic mass is 127. The topological polar surface area (TPSA) is 55.1 Å². The van der Waals surface area contributed by atoms with E-state index in [1.807, 2.05) is 24.3 Å². The van der Waals surface area contributed by atoms with Crippen LogP contribution >= 0.6 is 22.6 Å². The van der Waals surface area contributed by atoms with Gasteiger partial charge in [-0.05, 0) is 59.7 Å². The van der Waals surface area contributed by atoms with E-state index in [9.17, 15) is 4.79 Å². The van der Waals surface area contributed by atoms with Gasteiger partial charge in [-0.2, -0.15) is 0 Å². The van der Waals surface area contributed by atoms with Crippen LogP contribution in [0.1, 0.15) is 32.1 Å². The number of amides is 1. The Morgan fingerprint density at radius 2 is 1.88 bits per heavy atom. The van der Waals surface area contributed by atoms with Crippen LogP contribution in [0.15, 0.2) is 24.3 Å². The lowest BCUT2D eigenvalue weighted by molar-refractivity contribution is -0.117. The minimum Gasteiger partial charge on any atom is -0.326 e. The molecule has 3 nitrogen and oxygen atoms in total. The maximum atomic E-state index is 11.9. The fourth-order valence-electron chi connectivity index (χ4n) is 2.31. The van der Waals surface area contributed by atoms with Crippen molar-refractivity contribution in [2.24, 2.45) is 5.73 Å². The van der Waals surface area contributed by atoms with Gasteiger partial charge in [-0.1, -0.05) is 12.8 Å². The van der Waals surface area contributed by atoms with Gasteiger partial charge in [0, 0.05) is 21.2 Å². The van der Waals surface area contributed by atoms with Crippen LogP contribution in [0.3, 0.4) is 0 Å². The Hall–Kier alpha value is -0.620. The first-order valence-corrected chi connectivity index (χ1v) is 7.00. The number of benzene rings is 1. The molecule has 4 heteroatoms. The first kappa shape index (κ1) is 12.8. The van der Waals surface area contributed by atoms with Crippen molar-refractivity contribution in [3.63, 3.8) is 0 Å². The maximum absolute atomic E-state index is 11.9. The maximum Gasteiger partial charge on any atom is 0.226 e. The fraction of sp³-hybridized carbons (Fsp3) is 0.462. The van der Waals surface area contributed by atoms with Crippen LogP contribution in [-0.4, -0.2) is 11.4 Å². The number of carbonyl (C=O) groups is 1. The molecule has 0 atom stereocenters. The molecule has 1 amide bonds. The lowest BCUT2D eigenvalue weighted by atomic mass is 9.94. The minimum atomic E-state index is -0.271. The van der Waals surface area contributed by atoms with Crippen molar-refractivity contribution in [2.45, 2.75) is 37.6 Å². The van der Waals surface area contributed by atoms with Crippen LogP contribution in [0.25, 0.3) is 0 Å². The van der Waals surface area contributed by atoms with Crippen LogP contribution in [0.2, 0.25) is 0 Å². The molecule has 1 saturated carbocycles. The van der Waals surface area contributed by atoms with E-state index in [2.05, 4.69) is 27.9 Å². The van der Waals surface area contributed by atoms with Crippen molar-refractivity contribution in [1.29, 1.82) is 0 Å². The van der Waals surface area contributed by atoms with Crippen LogP contribution in [0.4, 0.5) is 5.69 Å². The van der Waals surface area contributed by atoms with Crippen molar-refractivity contribution in [2.75, 3.05) is 5.32 Å². The van der Waals surface area contributed by atoms with Crippen molar-refractivity contribution < 1.29 is 4.79 Å². The summed E-state index contributed by atoms with van der Waals surface area (Å²) in [5, 5.41) is 2.90. The molecule has 0 bridgehead atoms. The van der Waals surface area contributed by atoms with Crippen LogP contribution in [-0.2, 0) is 4.79 Å². The molecule has 0 radical (unpaired) electrons. The average Bonchev–Trinajstić information content (AvgIpc) is 2.68. The first-order valence-electron chi connectivity index (χ1n) is 5.92. The molecule has 0 aromatic heterocycles. The standard InChI is InChI=1S/C13H17IN2O/c14-10-3-5-11(6-4-10)16-12(17)9-13(15)7-1-2-8-13/h3-6H,1-2,7-9,15H2,(H,16,17). The summed E-state index contributed by atoms with van der Waals surface area (Å²) in [5.74, 6) is 0.0237. The lowest BCUT2D eigenvalue weighted by Crippen LogP contribution is -2.40. The molecule has 92 valence electrons. The highest BCUT2D eigenvalue weighted by molar-refractivity contribution is 14.1. The third kappa shape index (κ3) is 3.67. The summed E-state index contributed by atoms with van der Waals surface area (Å²) in [7, 11) is 0. The number of rotatable bonds is 3. The van der Waals surface area contributed by atoms with Gasteiger partial charge in [0.25, 0.3) is 0 Å². The van der Waals surface area contributed by atoms with E-state index < -0.39 is 0 Å². The molecule has 1 aliphatic rings. The third-order valence-corrected chi connectivity index (χ3v) is 3.96.